The number of hydrogen-bond acceptors (Lipinski definition) is 3. The maximum absolute atomic E-state index is 5.71. The number of aliphatic imine (C=N–C) groups is 1. The molecule has 0 spiro atoms. The van der Waals surface area contributed by atoms with Crippen LogP contribution in [0.5, 0.6) is 5.75 Å². The van der Waals surface area contributed by atoms with E-state index in [2.05, 4.69) is 53.5 Å². The van der Waals surface area contributed by atoms with Crippen LogP contribution < -0.4 is 15.4 Å². The van der Waals surface area contributed by atoms with Gasteiger partial charge in [0.1, 0.15) is 5.75 Å². The summed E-state index contributed by atoms with van der Waals surface area (Å²) in [5.41, 5.74) is 2.13. The fourth-order valence-electron chi connectivity index (χ4n) is 2.14. The summed E-state index contributed by atoms with van der Waals surface area (Å²) in [4.78, 5) is 8.94. The molecule has 0 saturated heterocycles. The van der Waals surface area contributed by atoms with Crippen LogP contribution in [0.4, 0.5) is 0 Å². The third kappa shape index (κ3) is 7.25. The predicted octanol–water partition coefficient (Wildman–Crippen LogP) is 3.37. The van der Waals surface area contributed by atoms with Crippen molar-refractivity contribution in [2.24, 2.45) is 10.9 Å². The fraction of sp³-hybridized carbons (Fsp3) is 0.400. The van der Waals surface area contributed by atoms with Gasteiger partial charge >= 0.3 is 0 Å². The van der Waals surface area contributed by atoms with E-state index in [4.69, 9.17) is 4.74 Å². The van der Waals surface area contributed by atoms with Crippen LogP contribution in [0, 0.1) is 5.92 Å². The smallest absolute Gasteiger partial charge is 0.191 e. The Morgan fingerprint density at radius 3 is 2.56 bits per heavy atom. The van der Waals surface area contributed by atoms with Gasteiger partial charge < -0.3 is 15.4 Å². The standard InChI is InChI=1S/C20H28N4O/c1-4-21-20(24-14-18-7-5-6-12-22-18)23-13-17-8-10-19(11-9-17)25-15-16(2)3/h5-12,16H,4,13-15H2,1-3H3,(H2,21,23,24). The van der Waals surface area contributed by atoms with Gasteiger partial charge in [-0.3, -0.25) is 4.98 Å². The Bertz CT molecular complexity index is 639. The van der Waals surface area contributed by atoms with Gasteiger partial charge in [0.25, 0.3) is 0 Å². The summed E-state index contributed by atoms with van der Waals surface area (Å²) in [6.07, 6.45) is 1.80. The van der Waals surface area contributed by atoms with E-state index in [1.807, 2.05) is 30.3 Å². The molecule has 0 aliphatic carbocycles. The van der Waals surface area contributed by atoms with Crippen LogP contribution in [0.1, 0.15) is 32.0 Å². The van der Waals surface area contributed by atoms with E-state index in [0.717, 1.165) is 36.1 Å². The highest BCUT2D eigenvalue weighted by molar-refractivity contribution is 5.79. The van der Waals surface area contributed by atoms with Crippen LogP contribution in [0.15, 0.2) is 53.7 Å². The molecule has 1 heterocycles. The normalized spacial score (nSPS) is 11.4. The minimum Gasteiger partial charge on any atom is -0.493 e. The van der Waals surface area contributed by atoms with Gasteiger partial charge in [0.05, 0.1) is 25.4 Å². The molecular weight excluding hydrogens is 312 g/mol. The molecule has 0 unspecified atom stereocenters. The SMILES string of the molecule is CCNC(=NCc1ccc(OCC(C)C)cc1)NCc1ccccn1. The number of nitrogens with zero attached hydrogens (tertiary/aromatic N) is 2. The lowest BCUT2D eigenvalue weighted by Gasteiger charge is -2.11. The first kappa shape index (κ1) is 18.8. The number of pyridine rings is 1. The van der Waals surface area contributed by atoms with Crippen molar-refractivity contribution in [1.82, 2.24) is 15.6 Å². The number of benzene rings is 1. The summed E-state index contributed by atoms with van der Waals surface area (Å²) >= 11 is 0. The zero-order valence-corrected chi connectivity index (χ0v) is 15.3. The quantitative estimate of drug-likeness (QED) is 0.571. The topological polar surface area (TPSA) is 58.5 Å². The second-order valence-corrected chi connectivity index (χ2v) is 6.22. The third-order valence-electron chi connectivity index (χ3n) is 3.43. The van der Waals surface area contributed by atoms with Crippen molar-refractivity contribution in [1.29, 1.82) is 0 Å². The molecule has 0 radical (unpaired) electrons. The Morgan fingerprint density at radius 1 is 1.12 bits per heavy atom. The molecule has 2 aromatic rings. The number of nitrogens with one attached hydrogen (secondary N) is 2. The van der Waals surface area contributed by atoms with Crippen LogP contribution in [-0.4, -0.2) is 24.1 Å². The van der Waals surface area contributed by atoms with Gasteiger partial charge in [-0.1, -0.05) is 32.0 Å². The number of ether oxygens (including phenoxy) is 1. The van der Waals surface area contributed by atoms with Gasteiger partial charge in [-0.05, 0) is 42.7 Å². The molecule has 1 aromatic heterocycles. The van der Waals surface area contributed by atoms with Gasteiger partial charge in [-0.15, -0.1) is 0 Å². The van der Waals surface area contributed by atoms with Crippen molar-refractivity contribution in [3.8, 4) is 5.75 Å². The molecule has 0 fully saturated rings. The summed E-state index contributed by atoms with van der Waals surface area (Å²) in [6.45, 7) is 9.15. The van der Waals surface area contributed by atoms with E-state index in [9.17, 15) is 0 Å². The molecule has 2 rings (SSSR count). The maximum Gasteiger partial charge on any atom is 0.191 e. The van der Waals surface area contributed by atoms with Gasteiger partial charge in [-0.2, -0.15) is 0 Å². The van der Waals surface area contributed by atoms with Crippen LogP contribution in [0.25, 0.3) is 0 Å². The van der Waals surface area contributed by atoms with E-state index in [-0.39, 0.29) is 0 Å². The summed E-state index contributed by atoms with van der Waals surface area (Å²) < 4.78 is 5.71. The zero-order chi connectivity index (χ0) is 17.9. The van der Waals surface area contributed by atoms with Gasteiger partial charge in [-0.25, -0.2) is 4.99 Å². The van der Waals surface area contributed by atoms with E-state index < -0.39 is 0 Å². The van der Waals surface area contributed by atoms with Gasteiger partial charge in [0, 0.05) is 12.7 Å². The average Bonchev–Trinajstić information content (AvgIpc) is 2.64. The molecule has 0 aliphatic rings. The minimum atomic E-state index is 0.525. The van der Waals surface area contributed by atoms with Crippen molar-refractivity contribution >= 4 is 5.96 Å². The highest BCUT2D eigenvalue weighted by Crippen LogP contribution is 2.13. The Labute approximate surface area is 150 Å². The van der Waals surface area contributed by atoms with E-state index in [1.54, 1.807) is 6.20 Å². The molecule has 2 N–H and O–H groups in total. The van der Waals surface area contributed by atoms with Crippen LogP contribution >= 0.6 is 0 Å². The summed E-state index contributed by atoms with van der Waals surface area (Å²) in [5, 5.41) is 6.56. The Hall–Kier alpha value is -2.56. The van der Waals surface area contributed by atoms with E-state index in [1.165, 1.54) is 0 Å². The molecular formula is C20H28N4O. The van der Waals surface area contributed by atoms with Crippen LogP contribution in [0.3, 0.4) is 0 Å². The minimum absolute atomic E-state index is 0.525. The molecule has 134 valence electrons. The second-order valence-electron chi connectivity index (χ2n) is 6.22. The summed E-state index contributed by atoms with van der Waals surface area (Å²) in [5.74, 6) is 2.21. The molecule has 0 atom stereocenters. The van der Waals surface area contributed by atoms with Crippen molar-refractivity contribution in [3.63, 3.8) is 0 Å². The highest BCUT2D eigenvalue weighted by Gasteiger charge is 2.00. The largest absolute Gasteiger partial charge is 0.493 e. The first-order chi connectivity index (χ1) is 12.2. The van der Waals surface area contributed by atoms with Crippen LogP contribution in [-0.2, 0) is 13.1 Å². The fourth-order valence-corrected chi connectivity index (χ4v) is 2.14. The molecule has 25 heavy (non-hydrogen) atoms. The maximum atomic E-state index is 5.71. The number of hydrogen-bond donors (Lipinski definition) is 2. The third-order valence-corrected chi connectivity index (χ3v) is 3.43. The van der Waals surface area contributed by atoms with Crippen molar-refractivity contribution in [2.75, 3.05) is 13.2 Å². The van der Waals surface area contributed by atoms with E-state index in [0.29, 0.717) is 19.0 Å². The molecule has 0 saturated carbocycles. The Kier molecular flexibility index (Phi) is 7.76. The van der Waals surface area contributed by atoms with Crippen molar-refractivity contribution in [3.05, 3.63) is 59.9 Å². The molecule has 0 amide bonds. The van der Waals surface area contributed by atoms with Crippen molar-refractivity contribution in [2.45, 2.75) is 33.9 Å². The van der Waals surface area contributed by atoms with Crippen molar-refractivity contribution < 1.29 is 4.74 Å². The lowest BCUT2D eigenvalue weighted by Crippen LogP contribution is -2.36. The average molecular weight is 340 g/mol. The predicted molar refractivity (Wildman–Crippen MR) is 103 cm³/mol. The first-order valence-corrected chi connectivity index (χ1v) is 8.81. The molecule has 5 heteroatoms. The molecule has 1 aromatic carbocycles. The van der Waals surface area contributed by atoms with Crippen LogP contribution in [0.2, 0.25) is 0 Å². The number of guanidine groups is 1. The second kappa shape index (κ2) is 10.3. The van der Waals surface area contributed by atoms with Gasteiger partial charge in [0.2, 0.25) is 0 Å². The number of rotatable bonds is 8. The monoisotopic (exact) mass is 340 g/mol. The lowest BCUT2D eigenvalue weighted by molar-refractivity contribution is 0.271. The Balaban J connectivity index is 1.89. The summed E-state index contributed by atoms with van der Waals surface area (Å²) in [7, 11) is 0. The molecule has 0 bridgehead atoms. The lowest BCUT2D eigenvalue weighted by atomic mass is 10.2. The van der Waals surface area contributed by atoms with Gasteiger partial charge in [0.15, 0.2) is 5.96 Å². The molecule has 0 aliphatic heterocycles. The first-order valence-electron chi connectivity index (χ1n) is 8.81. The zero-order valence-electron chi connectivity index (χ0n) is 15.3. The summed E-state index contributed by atoms with van der Waals surface area (Å²) in [6, 6.07) is 14.0. The highest BCUT2D eigenvalue weighted by atomic mass is 16.5. The van der Waals surface area contributed by atoms with E-state index >= 15 is 0 Å². The number of aromatic nitrogens is 1. The Morgan fingerprint density at radius 2 is 1.92 bits per heavy atom. The molecule has 5 nitrogen and oxygen atoms in total.